The van der Waals surface area contributed by atoms with Crippen molar-refractivity contribution in [3.8, 4) is 5.75 Å². The Kier molecular flexibility index (Phi) is 5.41. The number of hydrogen-bond donors (Lipinski definition) is 0. The van der Waals surface area contributed by atoms with Crippen LogP contribution in [0.3, 0.4) is 0 Å². The minimum Gasteiger partial charge on any atom is -0.467 e. The van der Waals surface area contributed by atoms with Crippen LogP contribution in [0.1, 0.15) is 51.0 Å². The summed E-state index contributed by atoms with van der Waals surface area (Å²) in [6.07, 6.45) is 8.07. The fraction of sp³-hybridized carbons (Fsp3) is 0.571. The van der Waals surface area contributed by atoms with Crippen molar-refractivity contribution in [3.63, 3.8) is 0 Å². The van der Waals surface area contributed by atoms with Gasteiger partial charge in [-0.1, -0.05) is 23.2 Å². The van der Waals surface area contributed by atoms with Gasteiger partial charge >= 0.3 is 5.97 Å². The summed E-state index contributed by atoms with van der Waals surface area (Å²) in [5.41, 5.74) is 1.82. The van der Waals surface area contributed by atoms with Crippen LogP contribution in [0.2, 0.25) is 10.0 Å². The maximum atomic E-state index is 12.1. The summed E-state index contributed by atoms with van der Waals surface area (Å²) in [5, 5.41) is 1.18. The fourth-order valence-electron chi connectivity index (χ4n) is 4.65. The molecule has 0 amide bonds. The Morgan fingerprint density at radius 2 is 2.07 bits per heavy atom. The molecule has 6 heteroatoms. The summed E-state index contributed by atoms with van der Waals surface area (Å²) in [4.78, 5) is 14.5. The summed E-state index contributed by atoms with van der Waals surface area (Å²) in [6, 6.07) is 3.66. The lowest BCUT2D eigenvalue weighted by atomic mass is 9.80. The molecule has 1 aromatic carbocycles. The first-order chi connectivity index (χ1) is 13.0. The van der Waals surface area contributed by atoms with E-state index in [0.29, 0.717) is 16.7 Å². The van der Waals surface area contributed by atoms with E-state index in [4.69, 9.17) is 32.7 Å². The molecule has 1 unspecified atom stereocenters. The minimum absolute atomic E-state index is 0.00751. The number of likely N-dealkylation sites (tertiary alicyclic amines) is 1. The van der Waals surface area contributed by atoms with E-state index in [1.165, 1.54) is 12.0 Å². The number of nitrogens with zero attached hydrogens (tertiary/aromatic N) is 1. The first kappa shape index (κ1) is 19.1. The highest BCUT2D eigenvalue weighted by molar-refractivity contribution is 6.36. The van der Waals surface area contributed by atoms with Crippen molar-refractivity contribution in [1.29, 1.82) is 0 Å². The van der Waals surface area contributed by atoms with Crippen molar-refractivity contribution in [2.45, 2.75) is 51.2 Å². The summed E-state index contributed by atoms with van der Waals surface area (Å²) < 4.78 is 11.9. The topological polar surface area (TPSA) is 38.8 Å². The van der Waals surface area contributed by atoms with E-state index in [0.717, 1.165) is 56.5 Å². The van der Waals surface area contributed by atoms with Crippen LogP contribution in [0.15, 0.2) is 17.7 Å². The van der Waals surface area contributed by atoms with Crippen molar-refractivity contribution in [3.05, 3.63) is 33.3 Å². The molecule has 146 valence electrons. The number of hydrogen-bond acceptors (Lipinski definition) is 4. The Bertz CT molecular complexity index is 771. The molecule has 0 spiro atoms. The SMILES string of the molecule is CCOC(=O)C1CCN(C23CCCCC2=Cc2cc(Cl)cc(Cl)c2O3)CC1. The molecular weight excluding hydrogens is 385 g/mol. The standard InChI is InChI=1S/C21H25Cl2NO3/c1-2-26-20(25)14-6-9-24(10-7-14)21-8-4-3-5-16(21)11-15-12-17(22)13-18(23)19(15)27-21/h11-14H,2-10H2,1H3. The summed E-state index contributed by atoms with van der Waals surface area (Å²) in [7, 11) is 0. The van der Waals surface area contributed by atoms with Crippen molar-refractivity contribution < 1.29 is 14.3 Å². The summed E-state index contributed by atoms with van der Waals surface area (Å²) >= 11 is 12.6. The Morgan fingerprint density at radius 3 is 2.81 bits per heavy atom. The van der Waals surface area contributed by atoms with Gasteiger partial charge in [0.15, 0.2) is 5.72 Å². The van der Waals surface area contributed by atoms with E-state index in [1.54, 1.807) is 6.07 Å². The van der Waals surface area contributed by atoms with Gasteiger partial charge in [-0.2, -0.15) is 0 Å². The van der Waals surface area contributed by atoms with E-state index in [-0.39, 0.29) is 11.9 Å². The third-order valence-electron chi connectivity index (χ3n) is 5.98. The van der Waals surface area contributed by atoms with Gasteiger partial charge in [-0.15, -0.1) is 0 Å². The molecule has 4 nitrogen and oxygen atoms in total. The van der Waals surface area contributed by atoms with E-state index >= 15 is 0 Å². The van der Waals surface area contributed by atoms with Crippen molar-refractivity contribution in [1.82, 2.24) is 4.90 Å². The zero-order valence-corrected chi connectivity index (χ0v) is 17.1. The smallest absolute Gasteiger partial charge is 0.309 e. The van der Waals surface area contributed by atoms with Gasteiger partial charge in [-0.25, -0.2) is 0 Å². The second-order valence-corrected chi connectivity index (χ2v) is 8.43. The van der Waals surface area contributed by atoms with E-state index in [2.05, 4.69) is 11.0 Å². The van der Waals surface area contributed by atoms with Gasteiger partial charge in [0.1, 0.15) is 5.75 Å². The van der Waals surface area contributed by atoms with Crippen LogP contribution in [-0.4, -0.2) is 36.3 Å². The molecule has 4 rings (SSSR count). The number of piperidine rings is 1. The van der Waals surface area contributed by atoms with Crippen LogP contribution >= 0.6 is 23.2 Å². The highest BCUT2D eigenvalue weighted by Gasteiger charge is 2.48. The van der Waals surface area contributed by atoms with Crippen LogP contribution < -0.4 is 4.74 Å². The quantitative estimate of drug-likeness (QED) is 0.633. The monoisotopic (exact) mass is 409 g/mol. The molecule has 0 aromatic heterocycles. The second-order valence-electron chi connectivity index (χ2n) is 7.58. The van der Waals surface area contributed by atoms with Crippen LogP contribution in [-0.2, 0) is 9.53 Å². The molecule has 27 heavy (non-hydrogen) atoms. The number of benzene rings is 1. The minimum atomic E-state index is -0.442. The average Bonchev–Trinajstić information content (AvgIpc) is 2.67. The Hall–Kier alpha value is -1.23. The molecule has 2 aliphatic heterocycles. The predicted octanol–water partition coefficient (Wildman–Crippen LogP) is 5.31. The molecule has 1 saturated heterocycles. The van der Waals surface area contributed by atoms with Crippen LogP contribution in [0.5, 0.6) is 5.75 Å². The number of fused-ring (bicyclic) bond motifs is 2. The van der Waals surface area contributed by atoms with Gasteiger partial charge in [0.25, 0.3) is 0 Å². The average molecular weight is 410 g/mol. The van der Waals surface area contributed by atoms with Crippen LogP contribution in [0, 0.1) is 5.92 Å². The molecule has 2 fully saturated rings. The first-order valence-electron chi connectivity index (χ1n) is 9.84. The lowest BCUT2D eigenvalue weighted by Gasteiger charge is -2.51. The maximum Gasteiger partial charge on any atom is 0.309 e. The zero-order chi connectivity index (χ0) is 19.0. The van der Waals surface area contributed by atoms with Crippen molar-refractivity contribution in [2.24, 2.45) is 5.92 Å². The molecule has 2 heterocycles. The molecule has 0 N–H and O–H groups in total. The van der Waals surface area contributed by atoms with Gasteiger partial charge in [0, 0.05) is 30.1 Å². The van der Waals surface area contributed by atoms with E-state index in [1.807, 2.05) is 13.0 Å². The Labute approximate surface area is 170 Å². The second kappa shape index (κ2) is 7.65. The lowest BCUT2D eigenvalue weighted by Crippen LogP contribution is -2.59. The van der Waals surface area contributed by atoms with Gasteiger partial charge in [0.05, 0.1) is 17.5 Å². The van der Waals surface area contributed by atoms with Crippen LogP contribution in [0.4, 0.5) is 0 Å². The lowest BCUT2D eigenvalue weighted by molar-refractivity contribution is -0.152. The summed E-state index contributed by atoms with van der Waals surface area (Å²) in [5.74, 6) is 0.646. The fourth-order valence-corrected chi connectivity index (χ4v) is 5.20. The largest absolute Gasteiger partial charge is 0.467 e. The number of ether oxygens (including phenoxy) is 2. The molecule has 1 aliphatic carbocycles. The molecule has 1 atom stereocenters. The summed E-state index contributed by atoms with van der Waals surface area (Å²) in [6.45, 7) is 3.94. The number of carbonyl (C=O) groups is 1. The number of esters is 1. The van der Waals surface area contributed by atoms with Gasteiger partial charge in [-0.3, -0.25) is 9.69 Å². The number of carbonyl (C=O) groups excluding carboxylic acids is 1. The zero-order valence-electron chi connectivity index (χ0n) is 15.6. The van der Waals surface area contributed by atoms with Gasteiger partial charge in [-0.05, 0) is 62.8 Å². The van der Waals surface area contributed by atoms with Gasteiger partial charge in [0.2, 0.25) is 0 Å². The van der Waals surface area contributed by atoms with E-state index < -0.39 is 5.72 Å². The third kappa shape index (κ3) is 3.48. The normalized spacial score (nSPS) is 25.8. The molecule has 0 radical (unpaired) electrons. The van der Waals surface area contributed by atoms with E-state index in [9.17, 15) is 4.79 Å². The van der Waals surface area contributed by atoms with Crippen LogP contribution in [0.25, 0.3) is 6.08 Å². The highest BCUT2D eigenvalue weighted by Crippen LogP contribution is 2.49. The van der Waals surface area contributed by atoms with Crippen molar-refractivity contribution >= 4 is 35.2 Å². The predicted molar refractivity (Wildman–Crippen MR) is 107 cm³/mol. The maximum absolute atomic E-state index is 12.1. The molecule has 1 aromatic rings. The third-order valence-corrected chi connectivity index (χ3v) is 6.48. The Morgan fingerprint density at radius 1 is 1.30 bits per heavy atom. The molecule has 1 saturated carbocycles. The number of rotatable bonds is 3. The Balaban J connectivity index is 1.61. The molecular formula is C21H25Cl2NO3. The van der Waals surface area contributed by atoms with Gasteiger partial charge < -0.3 is 9.47 Å². The van der Waals surface area contributed by atoms with Crippen molar-refractivity contribution in [2.75, 3.05) is 19.7 Å². The first-order valence-corrected chi connectivity index (χ1v) is 10.6. The highest BCUT2D eigenvalue weighted by atomic mass is 35.5. The molecule has 0 bridgehead atoms. The number of halogens is 2. The molecule has 3 aliphatic rings.